The third-order valence-corrected chi connectivity index (χ3v) is 7.31. The Morgan fingerprint density at radius 3 is 2.09 bits per heavy atom. The number of ether oxygens (including phenoxy) is 1. The molecule has 2 saturated heterocycles. The van der Waals surface area contributed by atoms with E-state index in [4.69, 9.17) is 4.74 Å². The Morgan fingerprint density at radius 2 is 1.47 bits per heavy atom. The van der Waals surface area contributed by atoms with Gasteiger partial charge in [-0.05, 0) is 35.9 Å². The molecular weight excluding hydrogens is 505 g/mol. The maximum Gasteiger partial charge on any atom is 0.241 e. The number of ketones is 2. The van der Waals surface area contributed by atoms with Crippen LogP contribution in [-0.4, -0.2) is 29.0 Å². The van der Waals surface area contributed by atoms with Crippen molar-refractivity contribution in [3.8, 4) is 0 Å². The molecule has 3 aromatic carbocycles. The zero-order valence-corrected chi connectivity index (χ0v) is 19.0. The minimum atomic E-state index is -2.15. The molecule has 2 heterocycles. The summed E-state index contributed by atoms with van der Waals surface area (Å²) in [7, 11) is 0. The molecule has 0 saturated carbocycles. The number of carbonyl (C=O) groups is 4. The third-order valence-electron chi connectivity index (χ3n) is 6.78. The zero-order chi connectivity index (χ0) is 23.8. The second-order valence-electron chi connectivity index (χ2n) is 8.52. The van der Waals surface area contributed by atoms with Gasteiger partial charge in [-0.3, -0.25) is 19.2 Å². The first-order valence-electron chi connectivity index (χ1n) is 10.6. The summed E-state index contributed by atoms with van der Waals surface area (Å²) in [5, 5.41) is 0. The summed E-state index contributed by atoms with van der Waals surface area (Å²) in [6.07, 6.45) is -1.02. The summed E-state index contributed by atoms with van der Waals surface area (Å²) in [6.45, 7) is 0. The van der Waals surface area contributed by atoms with Gasteiger partial charge in [-0.2, -0.15) is 0 Å². The molecule has 8 heteroatoms. The van der Waals surface area contributed by atoms with Crippen LogP contribution in [0.2, 0.25) is 0 Å². The average molecular weight is 520 g/mol. The van der Waals surface area contributed by atoms with Gasteiger partial charge >= 0.3 is 0 Å². The van der Waals surface area contributed by atoms with Crippen LogP contribution in [-0.2, 0) is 14.3 Å². The Kier molecular flexibility index (Phi) is 4.49. The molecule has 0 bridgehead atoms. The van der Waals surface area contributed by atoms with Gasteiger partial charge < -0.3 is 4.74 Å². The summed E-state index contributed by atoms with van der Waals surface area (Å²) in [5.74, 6) is -5.78. The van der Waals surface area contributed by atoms with Crippen LogP contribution in [0.15, 0.2) is 77.3 Å². The summed E-state index contributed by atoms with van der Waals surface area (Å²) < 4.78 is 20.9. The molecule has 168 valence electrons. The number of rotatable bonds is 2. The van der Waals surface area contributed by atoms with E-state index in [1.165, 1.54) is 30.3 Å². The van der Waals surface area contributed by atoms with Crippen molar-refractivity contribution in [1.29, 1.82) is 0 Å². The molecule has 2 aliphatic heterocycles. The molecule has 6 nitrogen and oxygen atoms in total. The summed E-state index contributed by atoms with van der Waals surface area (Å²) in [4.78, 5) is 55.6. The molecule has 3 aromatic rings. The van der Waals surface area contributed by atoms with Gasteiger partial charge in [0.15, 0.2) is 0 Å². The lowest BCUT2D eigenvalue weighted by molar-refractivity contribution is -0.127. The first-order chi connectivity index (χ1) is 16.3. The summed E-state index contributed by atoms with van der Waals surface area (Å²) >= 11 is 3.36. The molecule has 3 atom stereocenters. The van der Waals surface area contributed by atoms with Crippen LogP contribution < -0.4 is 4.90 Å². The molecule has 0 aromatic heterocycles. The SMILES string of the molecule is O=C1[C@@H]2[C@@H](c3ccc(Br)cc3)OC3(C(=O)c4ccccc4C3=O)[C@@H]2C(=O)N1c1cccc(F)c1. The van der Waals surface area contributed by atoms with E-state index in [2.05, 4.69) is 15.9 Å². The van der Waals surface area contributed by atoms with Crippen LogP contribution in [0.3, 0.4) is 0 Å². The predicted octanol–water partition coefficient (Wildman–Crippen LogP) is 4.28. The van der Waals surface area contributed by atoms with Crippen LogP contribution >= 0.6 is 15.9 Å². The number of hydrogen-bond acceptors (Lipinski definition) is 5. The van der Waals surface area contributed by atoms with Crippen LogP contribution in [0.25, 0.3) is 0 Å². The van der Waals surface area contributed by atoms with Gasteiger partial charge in [0, 0.05) is 15.6 Å². The van der Waals surface area contributed by atoms with Crippen LogP contribution in [0, 0.1) is 17.7 Å². The van der Waals surface area contributed by atoms with Gasteiger partial charge in [0.05, 0.1) is 23.6 Å². The molecule has 0 unspecified atom stereocenters. The number of Topliss-reactive ketones (excluding diaryl/α,β-unsaturated/α-hetero) is 2. The molecule has 1 aliphatic carbocycles. The maximum atomic E-state index is 14.0. The average Bonchev–Trinajstić information content (AvgIpc) is 3.40. The number of carbonyl (C=O) groups excluding carboxylic acids is 4. The molecule has 6 rings (SSSR count). The number of nitrogens with zero attached hydrogens (tertiary/aromatic N) is 1. The molecule has 2 amide bonds. The van der Waals surface area contributed by atoms with E-state index in [0.717, 1.165) is 15.4 Å². The lowest BCUT2D eigenvalue weighted by Crippen LogP contribution is -2.51. The molecule has 0 N–H and O–H groups in total. The largest absolute Gasteiger partial charge is 0.349 e. The van der Waals surface area contributed by atoms with E-state index in [1.54, 1.807) is 36.4 Å². The fourth-order valence-corrected chi connectivity index (χ4v) is 5.60. The minimum Gasteiger partial charge on any atom is -0.349 e. The Labute approximate surface area is 201 Å². The Hall–Kier alpha value is -3.49. The molecule has 2 fully saturated rings. The fourth-order valence-electron chi connectivity index (χ4n) is 5.34. The first-order valence-corrected chi connectivity index (χ1v) is 11.4. The number of anilines is 1. The Bertz CT molecular complexity index is 1380. The van der Waals surface area contributed by atoms with E-state index in [0.29, 0.717) is 5.56 Å². The van der Waals surface area contributed by atoms with Gasteiger partial charge in [0.2, 0.25) is 29.0 Å². The molecule has 1 spiro atoms. The normalized spacial score (nSPS) is 24.8. The van der Waals surface area contributed by atoms with Crippen LogP contribution in [0.5, 0.6) is 0 Å². The van der Waals surface area contributed by atoms with Crippen molar-refractivity contribution in [2.24, 2.45) is 11.8 Å². The van der Waals surface area contributed by atoms with E-state index >= 15 is 0 Å². The highest BCUT2D eigenvalue weighted by molar-refractivity contribution is 9.10. The van der Waals surface area contributed by atoms with E-state index in [1.807, 2.05) is 0 Å². The lowest BCUT2D eigenvalue weighted by atomic mass is 9.77. The van der Waals surface area contributed by atoms with E-state index in [-0.39, 0.29) is 16.8 Å². The second-order valence-corrected chi connectivity index (χ2v) is 9.44. The van der Waals surface area contributed by atoms with Crippen molar-refractivity contribution in [1.82, 2.24) is 0 Å². The van der Waals surface area contributed by atoms with Gasteiger partial charge in [-0.1, -0.05) is 58.4 Å². The standard InChI is InChI=1S/C26H15BrFNO5/c27-14-10-8-13(9-11-14)21-19-20(25(33)29(24(19)32)16-5-3-4-15(28)12-16)26(34-21)22(30)17-6-1-2-7-18(17)23(26)31/h1-12,19-21H/t19-,20-,21+/m0/s1. The van der Waals surface area contributed by atoms with Crippen molar-refractivity contribution in [3.05, 3.63) is 99.8 Å². The Balaban J connectivity index is 1.55. The number of benzene rings is 3. The summed E-state index contributed by atoms with van der Waals surface area (Å²) in [5.41, 5.74) is -1.24. The zero-order valence-electron chi connectivity index (χ0n) is 17.4. The van der Waals surface area contributed by atoms with Crippen LogP contribution in [0.4, 0.5) is 10.1 Å². The maximum absolute atomic E-state index is 14.0. The first kappa shape index (κ1) is 21.1. The topological polar surface area (TPSA) is 80.8 Å². The van der Waals surface area contributed by atoms with Crippen molar-refractivity contribution in [2.75, 3.05) is 4.90 Å². The van der Waals surface area contributed by atoms with Gasteiger partial charge in [0.25, 0.3) is 0 Å². The highest BCUT2D eigenvalue weighted by Crippen LogP contribution is 2.57. The van der Waals surface area contributed by atoms with Crippen molar-refractivity contribution in [3.63, 3.8) is 0 Å². The van der Waals surface area contributed by atoms with Gasteiger partial charge in [-0.15, -0.1) is 0 Å². The minimum absolute atomic E-state index is 0.0458. The second kappa shape index (κ2) is 7.25. The van der Waals surface area contributed by atoms with Crippen molar-refractivity contribution < 1.29 is 28.3 Å². The molecular formula is C26H15BrFNO5. The molecule has 0 radical (unpaired) electrons. The van der Waals surface area contributed by atoms with Crippen LogP contribution in [0.1, 0.15) is 32.4 Å². The van der Waals surface area contributed by atoms with Gasteiger partial charge in [0.1, 0.15) is 5.82 Å². The van der Waals surface area contributed by atoms with E-state index in [9.17, 15) is 23.6 Å². The molecule has 3 aliphatic rings. The van der Waals surface area contributed by atoms with E-state index < -0.39 is 52.7 Å². The Morgan fingerprint density at radius 1 is 0.824 bits per heavy atom. The highest BCUT2D eigenvalue weighted by Gasteiger charge is 2.74. The number of amides is 2. The smallest absolute Gasteiger partial charge is 0.241 e. The number of halogens is 2. The third kappa shape index (κ3) is 2.63. The summed E-state index contributed by atoms with van der Waals surface area (Å²) in [6, 6.07) is 18.3. The number of imide groups is 1. The predicted molar refractivity (Wildman–Crippen MR) is 122 cm³/mol. The monoisotopic (exact) mass is 519 g/mol. The lowest BCUT2D eigenvalue weighted by Gasteiger charge is -2.27. The number of hydrogen-bond donors (Lipinski definition) is 0. The van der Waals surface area contributed by atoms with Crippen molar-refractivity contribution in [2.45, 2.75) is 11.7 Å². The molecule has 34 heavy (non-hydrogen) atoms. The quantitative estimate of drug-likeness (QED) is 0.372. The fraction of sp³-hybridized carbons (Fsp3) is 0.154. The number of fused-ring (bicyclic) bond motifs is 3. The highest BCUT2D eigenvalue weighted by atomic mass is 79.9. The van der Waals surface area contributed by atoms with Gasteiger partial charge in [-0.25, -0.2) is 9.29 Å². The van der Waals surface area contributed by atoms with Crippen molar-refractivity contribution >= 4 is 45.0 Å².